The first-order valence-corrected chi connectivity index (χ1v) is 7.90. The van der Waals surface area contributed by atoms with Crippen LogP contribution in [0.2, 0.25) is 0 Å². The maximum Gasteiger partial charge on any atom is 0.264 e. The quantitative estimate of drug-likeness (QED) is 0.543. The van der Waals surface area contributed by atoms with Crippen molar-refractivity contribution in [3.63, 3.8) is 0 Å². The lowest BCUT2D eigenvalue weighted by Crippen LogP contribution is -2.11. The molecule has 1 rings (SSSR count). The van der Waals surface area contributed by atoms with E-state index in [4.69, 9.17) is 0 Å². The Morgan fingerprint density at radius 3 is 2.50 bits per heavy atom. The van der Waals surface area contributed by atoms with Gasteiger partial charge in [0.15, 0.2) is 0 Å². The van der Waals surface area contributed by atoms with E-state index in [1.54, 1.807) is 0 Å². The van der Waals surface area contributed by atoms with E-state index in [9.17, 15) is 8.42 Å². The Morgan fingerprint density at radius 2 is 1.93 bits per heavy atom. The van der Waals surface area contributed by atoms with Gasteiger partial charge >= 0.3 is 0 Å². The van der Waals surface area contributed by atoms with E-state index < -0.39 is 10.1 Å². The van der Waals surface area contributed by atoms with Crippen LogP contribution in [0, 0.1) is 0 Å². The Bertz CT molecular complexity index is 243. The molecule has 0 aromatic heterocycles. The maximum atomic E-state index is 10.7. The molecule has 3 nitrogen and oxygen atoms in total. The van der Waals surface area contributed by atoms with Gasteiger partial charge in [-0.05, 0) is 12.8 Å². The van der Waals surface area contributed by atoms with Gasteiger partial charge in [-0.2, -0.15) is 20.2 Å². The predicted molar refractivity (Wildman–Crippen MR) is 60.1 cm³/mol. The second-order valence-corrected chi connectivity index (χ2v) is 6.71. The van der Waals surface area contributed by atoms with Crippen LogP contribution >= 0.6 is 11.8 Å². The maximum absolute atomic E-state index is 10.7. The number of hydrogen-bond donors (Lipinski definition) is 0. The third-order valence-corrected chi connectivity index (χ3v) is 4.23. The summed E-state index contributed by atoms with van der Waals surface area (Å²) in [7, 11) is -3.24. The van der Waals surface area contributed by atoms with Crippen LogP contribution in [0.1, 0.15) is 32.1 Å². The Labute approximate surface area is 90.7 Å². The van der Waals surface area contributed by atoms with Gasteiger partial charge in [-0.3, -0.25) is 4.18 Å². The fraction of sp³-hybridized carbons (Fsp3) is 1.00. The third kappa shape index (κ3) is 5.88. The molecule has 84 valence electrons. The van der Waals surface area contributed by atoms with Crippen LogP contribution in [0.4, 0.5) is 0 Å². The highest BCUT2D eigenvalue weighted by molar-refractivity contribution is 7.99. The molecule has 0 atom stereocenters. The zero-order chi connectivity index (χ0) is 10.4. The molecule has 1 aliphatic carbocycles. The zero-order valence-corrected chi connectivity index (χ0v) is 10.2. The lowest BCUT2D eigenvalue weighted by Gasteiger charge is -2.20. The molecule has 0 aromatic rings. The summed E-state index contributed by atoms with van der Waals surface area (Å²) in [4.78, 5) is 0. The molecular weight excluding hydrogens is 220 g/mol. The molecule has 14 heavy (non-hydrogen) atoms. The van der Waals surface area contributed by atoms with Crippen molar-refractivity contribution in [1.82, 2.24) is 0 Å². The average molecular weight is 238 g/mol. The molecule has 0 radical (unpaired) electrons. The Hall–Kier alpha value is 0.260. The number of thioether (sulfide) groups is 1. The van der Waals surface area contributed by atoms with Gasteiger partial charge < -0.3 is 0 Å². The average Bonchev–Trinajstić information content (AvgIpc) is 2.13. The topological polar surface area (TPSA) is 43.4 Å². The Balaban J connectivity index is 2.03. The minimum absolute atomic E-state index is 0.319. The van der Waals surface area contributed by atoms with Crippen molar-refractivity contribution >= 4 is 21.9 Å². The molecule has 1 aliphatic rings. The monoisotopic (exact) mass is 238 g/mol. The smallest absolute Gasteiger partial charge is 0.264 e. The Morgan fingerprint density at radius 1 is 1.29 bits per heavy atom. The summed E-state index contributed by atoms with van der Waals surface area (Å²) in [6.07, 6.45) is 7.66. The minimum Gasteiger partial charge on any atom is -0.269 e. The molecule has 1 fully saturated rings. The second kappa shape index (κ2) is 5.98. The SMILES string of the molecule is CS(=O)(=O)OCCSC1CCCCC1. The summed E-state index contributed by atoms with van der Waals surface area (Å²) in [5.41, 5.74) is 0. The fourth-order valence-corrected chi connectivity index (χ4v) is 3.30. The van der Waals surface area contributed by atoms with Crippen LogP contribution in [0.15, 0.2) is 0 Å². The molecule has 5 heteroatoms. The molecule has 0 unspecified atom stereocenters. The van der Waals surface area contributed by atoms with Crippen molar-refractivity contribution in [1.29, 1.82) is 0 Å². The Kier molecular flexibility index (Phi) is 5.26. The normalized spacial score (nSPS) is 19.8. The van der Waals surface area contributed by atoms with E-state index in [2.05, 4.69) is 4.18 Å². The zero-order valence-electron chi connectivity index (χ0n) is 8.57. The van der Waals surface area contributed by atoms with Crippen LogP contribution in [0.3, 0.4) is 0 Å². The molecule has 0 N–H and O–H groups in total. The largest absolute Gasteiger partial charge is 0.269 e. The van der Waals surface area contributed by atoms with Gasteiger partial charge in [0.05, 0.1) is 12.9 Å². The van der Waals surface area contributed by atoms with Crippen molar-refractivity contribution in [3.05, 3.63) is 0 Å². The van der Waals surface area contributed by atoms with Gasteiger partial charge in [-0.25, -0.2) is 0 Å². The highest BCUT2D eigenvalue weighted by atomic mass is 32.2. The summed E-state index contributed by atoms with van der Waals surface area (Å²) < 4.78 is 26.0. The highest BCUT2D eigenvalue weighted by Gasteiger charge is 2.13. The van der Waals surface area contributed by atoms with Gasteiger partial charge in [0, 0.05) is 11.0 Å². The predicted octanol–water partition coefficient (Wildman–Crippen LogP) is 2.03. The number of rotatable bonds is 5. The van der Waals surface area contributed by atoms with Crippen molar-refractivity contribution in [3.8, 4) is 0 Å². The van der Waals surface area contributed by atoms with E-state index in [-0.39, 0.29) is 0 Å². The van der Waals surface area contributed by atoms with Gasteiger partial charge in [0.2, 0.25) is 0 Å². The first-order valence-electron chi connectivity index (χ1n) is 5.04. The minimum atomic E-state index is -3.24. The molecule has 0 aliphatic heterocycles. The molecule has 1 saturated carbocycles. The van der Waals surface area contributed by atoms with Crippen molar-refractivity contribution in [2.75, 3.05) is 18.6 Å². The molecule has 0 spiro atoms. The van der Waals surface area contributed by atoms with Crippen LogP contribution in [-0.2, 0) is 14.3 Å². The van der Waals surface area contributed by atoms with Crippen molar-refractivity contribution in [2.45, 2.75) is 37.4 Å². The van der Waals surface area contributed by atoms with E-state index in [1.165, 1.54) is 32.1 Å². The molecule has 0 heterocycles. The number of hydrogen-bond acceptors (Lipinski definition) is 4. The second-order valence-electron chi connectivity index (χ2n) is 3.66. The summed E-state index contributed by atoms with van der Waals surface area (Å²) >= 11 is 1.85. The van der Waals surface area contributed by atoms with Crippen molar-refractivity contribution in [2.24, 2.45) is 0 Å². The van der Waals surface area contributed by atoms with Crippen LogP contribution < -0.4 is 0 Å². The standard InChI is InChI=1S/C9H18O3S2/c1-14(10,11)12-7-8-13-9-5-3-2-4-6-9/h9H,2-8H2,1H3. The van der Waals surface area contributed by atoms with Crippen LogP contribution in [-0.4, -0.2) is 32.3 Å². The summed E-state index contributed by atoms with van der Waals surface area (Å²) in [6, 6.07) is 0. The molecule has 0 aromatic carbocycles. The molecule has 0 saturated heterocycles. The third-order valence-electron chi connectivity index (χ3n) is 2.29. The van der Waals surface area contributed by atoms with Crippen LogP contribution in [0.25, 0.3) is 0 Å². The van der Waals surface area contributed by atoms with Gasteiger partial charge in [-0.15, -0.1) is 0 Å². The van der Waals surface area contributed by atoms with Gasteiger partial charge in [0.25, 0.3) is 10.1 Å². The highest BCUT2D eigenvalue weighted by Crippen LogP contribution is 2.27. The van der Waals surface area contributed by atoms with E-state index in [0.717, 1.165) is 17.3 Å². The molecule has 0 amide bonds. The van der Waals surface area contributed by atoms with E-state index in [1.807, 2.05) is 11.8 Å². The molecule has 0 bridgehead atoms. The summed E-state index contributed by atoms with van der Waals surface area (Å²) in [6.45, 7) is 0.319. The van der Waals surface area contributed by atoms with Crippen molar-refractivity contribution < 1.29 is 12.6 Å². The first-order chi connectivity index (χ1) is 6.58. The van der Waals surface area contributed by atoms with Gasteiger partial charge in [0.1, 0.15) is 0 Å². The lowest BCUT2D eigenvalue weighted by molar-refractivity contribution is 0.345. The lowest BCUT2D eigenvalue weighted by atomic mass is 10.0. The first kappa shape index (κ1) is 12.3. The van der Waals surface area contributed by atoms with E-state index >= 15 is 0 Å². The summed E-state index contributed by atoms with van der Waals surface area (Å²) in [5, 5.41) is 0.729. The van der Waals surface area contributed by atoms with Crippen LogP contribution in [0.5, 0.6) is 0 Å². The fourth-order valence-electron chi connectivity index (χ4n) is 1.63. The van der Waals surface area contributed by atoms with E-state index in [0.29, 0.717) is 6.61 Å². The summed E-state index contributed by atoms with van der Waals surface area (Å²) in [5.74, 6) is 0.789. The molecular formula is C9H18O3S2. The van der Waals surface area contributed by atoms with Gasteiger partial charge in [-0.1, -0.05) is 19.3 Å².